The van der Waals surface area contributed by atoms with Crippen molar-refractivity contribution < 1.29 is 13.3 Å². The first-order chi connectivity index (χ1) is 10.2. The Morgan fingerprint density at radius 3 is 2.86 bits per heavy atom. The molecule has 110 valence electrons. The van der Waals surface area contributed by atoms with Crippen molar-refractivity contribution in [2.24, 2.45) is 0 Å². The number of nitrogens with zero attached hydrogens (tertiary/aromatic N) is 4. The fourth-order valence-corrected chi connectivity index (χ4v) is 2.97. The summed E-state index contributed by atoms with van der Waals surface area (Å²) in [6.07, 6.45) is -0.0212. The lowest BCUT2D eigenvalue weighted by atomic mass is 10.2. The highest BCUT2D eigenvalue weighted by Crippen LogP contribution is 2.29. The normalized spacial score (nSPS) is 24.2. The number of pyridine rings is 1. The summed E-state index contributed by atoms with van der Waals surface area (Å²) in [5.74, 6) is 0.358. The van der Waals surface area contributed by atoms with Crippen LogP contribution in [0.5, 0.6) is 0 Å². The van der Waals surface area contributed by atoms with Gasteiger partial charge < -0.3 is 14.7 Å². The Morgan fingerprint density at radius 2 is 2.29 bits per heavy atom. The van der Waals surface area contributed by atoms with Gasteiger partial charge in [-0.3, -0.25) is 0 Å². The lowest BCUT2D eigenvalue weighted by Gasteiger charge is -2.28. The number of rotatable bonds is 3. The van der Waals surface area contributed by atoms with E-state index >= 15 is 0 Å². The van der Waals surface area contributed by atoms with E-state index in [1.165, 1.54) is 0 Å². The molecule has 4 rings (SSSR count). The van der Waals surface area contributed by atoms with Gasteiger partial charge in [0.05, 0.1) is 0 Å². The summed E-state index contributed by atoms with van der Waals surface area (Å²) >= 11 is 0. The predicted octanol–water partition coefficient (Wildman–Crippen LogP) is 1.62. The minimum absolute atomic E-state index is 0.133. The molecule has 2 aromatic heterocycles. The van der Waals surface area contributed by atoms with Gasteiger partial charge in [0.15, 0.2) is 0 Å². The van der Waals surface area contributed by atoms with Gasteiger partial charge in [-0.2, -0.15) is 13.8 Å². The summed E-state index contributed by atoms with van der Waals surface area (Å²) in [5, 5.41) is 6.98. The van der Waals surface area contributed by atoms with Crippen LogP contribution in [0.4, 0.5) is 14.6 Å². The fraction of sp³-hybridized carbons (Fsp3) is 0.462. The van der Waals surface area contributed by atoms with Crippen LogP contribution in [0.15, 0.2) is 22.9 Å². The number of nitrogens with one attached hydrogen (secondary N) is 1. The first kappa shape index (κ1) is 12.6. The van der Waals surface area contributed by atoms with Crippen molar-refractivity contribution in [3.63, 3.8) is 0 Å². The number of hydrogen-bond donors (Lipinski definition) is 1. The SMILES string of the molecule is FC(F)c1nc(-c2ccc(N3CC4CC3CN4)nc2)no1. The van der Waals surface area contributed by atoms with Crippen LogP contribution in [0.25, 0.3) is 11.4 Å². The van der Waals surface area contributed by atoms with Crippen LogP contribution in [-0.2, 0) is 0 Å². The highest BCUT2D eigenvalue weighted by Gasteiger charge is 2.38. The number of aromatic nitrogens is 3. The van der Waals surface area contributed by atoms with Crippen molar-refractivity contribution in [2.45, 2.75) is 24.9 Å². The molecule has 0 aromatic carbocycles. The molecule has 2 unspecified atom stereocenters. The second-order valence-electron chi connectivity index (χ2n) is 5.31. The van der Waals surface area contributed by atoms with E-state index in [9.17, 15) is 8.78 Å². The molecule has 0 saturated carbocycles. The molecule has 2 atom stereocenters. The van der Waals surface area contributed by atoms with Gasteiger partial charge in [0.1, 0.15) is 5.82 Å². The third kappa shape index (κ3) is 2.15. The summed E-state index contributed by atoms with van der Waals surface area (Å²) in [6.45, 7) is 1.94. The zero-order chi connectivity index (χ0) is 14.4. The van der Waals surface area contributed by atoms with Crippen molar-refractivity contribution in [2.75, 3.05) is 18.0 Å². The summed E-state index contributed by atoms with van der Waals surface area (Å²) in [7, 11) is 0. The van der Waals surface area contributed by atoms with Crippen LogP contribution in [-0.4, -0.2) is 40.3 Å². The molecule has 2 saturated heterocycles. The lowest BCUT2D eigenvalue weighted by Crippen LogP contribution is -2.43. The van der Waals surface area contributed by atoms with Gasteiger partial charge in [0.25, 0.3) is 5.89 Å². The van der Waals surface area contributed by atoms with E-state index < -0.39 is 12.3 Å². The number of halogens is 2. The summed E-state index contributed by atoms with van der Waals surface area (Å²) in [6, 6.07) is 4.68. The predicted molar refractivity (Wildman–Crippen MR) is 70.0 cm³/mol. The molecule has 2 fully saturated rings. The van der Waals surface area contributed by atoms with Crippen LogP contribution in [0.1, 0.15) is 18.7 Å². The zero-order valence-corrected chi connectivity index (χ0v) is 11.0. The number of piperazine rings is 1. The molecule has 0 amide bonds. The molecule has 2 aliphatic rings. The molecular formula is C13H13F2N5O. The van der Waals surface area contributed by atoms with Crippen molar-refractivity contribution in [1.82, 2.24) is 20.4 Å². The topological polar surface area (TPSA) is 67.1 Å². The average Bonchev–Trinajstić information content (AvgIpc) is 3.23. The van der Waals surface area contributed by atoms with E-state index in [2.05, 4.69) is 29.9 Å². The third-order valence-electron chi connectivity index (χ3n) is 3.99. The van der Waals surface area contributed by atoms with Gasteiger partial charge in [-0.25, -0.2) is 4.98 Å². The van der Waals surface area contributed by atoms with E-state index in [4.69, 9.17) is 0 Å². The van der Waals surface area contributed by atoms with Gasteiger partial charge in [-0.15, -0.1) is 0 Å². The van der Waals surface area contributed by atoms with E-state index in [1.807, 2.05) is 6.07 Å². The molecule has 21 heavy (non-hydrogen) atoms. The second-order valence-corrected chi connectivity index (χ2v) is 5.31. The first-order valence-corrected chi connectivity index (χ1v) is 6.79. The molecule has 2 aromatic rings. The van der Waals surface area contributed by atoms with E-state index in [-0.39, 0.29) is 5.82 Å². The average molecular weight is 293 g/mol. The second kappa shape index (κ2) is 4.73. The maximum absolute atomic E-state index is 12.4. The van der Waals surface area contributed by atoms with Gasteiger partial charge in [-0.05, 0) is 18.6 Å². The van der Waals surface area contributed by atoms with Gasteiger partial charge in [0, 0.05) is 36.9 Å². The Kier molecular flexibility index (Phi) is 2.85. The van der Waals surface area contributed by atoms with Crippen LogP contribution in [0.3, 0.4) is 0 Å². The van der Waals surface area contributed by atoms with Gasteiger partial charge >= 0.3 is 6.43 Å². The molecule has 1 N–H and O–H groups in total. The maximum Gasteiger partial charge on any atom is 0.315 e. The van der Waals surface area contributed by atoms with Crippen LogP contribution in [0, 0.1) is 0 Å². The molecule has 6 nitrogen and oxygen atoms in total. The molecular weight excluding hydrogens is 280 g/mol. The monoisotopic (exact) mass is 293 g/mol. The Morgan fingerprint density at radius 1 is 1.38 bits per heavy atom. The Bertz CT molecular complexity index is 644. The minimum Gasteiger partial charge on any atom is -0.351 e. The quantitative estimate of drug-likeness (QED) is 0.927. The molecule has 8 heteroatoms. The summed E-state index contributed by atoms with van der Waals surface area (Å²) < 4.78 is 29.3. The smallest absolute Gasteiger partial charge is 0.315 e. The number of fused-ring (bicyclic) bond motifs is 2. The van der Waals surface area contributed by atoms with Crippen molar-refractivity contribution >= 4 is 5.82 Å². The molecule has 0 radical (unpaired) electrons. The zero-order valence-electron chi connectivity index (χ0n) is 11.0. The molecule has 2 aliphatic heterocycles. The van der Waals surface area contributed by atoms with E-state index in [0.717, 1.165) is 25.3 Å². The van der Waals surface area contributed by atoms with Gasteiger partial charge in [0.2, 0.25) is 5.82 Å². The third-order valence-corrected chi connectivity index (χ3v) is 3.99. The Hall–Kier alpha value is -2.09. The van der Waals surface area contributed by atoms with E-state index in [1.54, 1.807) is 12.3 Å². The molecule has 0 spiro atoms. The Balaban J connectivity index is 1.55. The number of anilines is 1. The lowest BCUT2D eigenvalue weighted by molar-refractivity contribution is 0.106. The Labute approximate surface area is 119 Å². The highest BCUT2D eigenvalue weighted by atomic mass is 19.3. The fourth-order valence-electron chi connectivity index (χ4n) is 2.97. The highest BCUT2D eigenvalue weighted by molar-refractivity contribution is 5.56. The van der Waals surface area contributed by atoms with Gasteiger partial charge in [-0.1, -0.05) is 5.16 Å². The minimum atomic E-state index is -2.76. The van der Waals surface area contributed by atoms with Crippen molar-refractivity contribution in [3.05, 3.63) is 24.2 Å². The van der Waals surface area contributed by atoms with Crippen LogP contribution < -0.4 is 10.2 Å². The molecule has 2 bridgehead atoms. The summed E-state index contributed by atoms with van der Waals surface area (Å²) in [4.78, 5) is 10.3. The van der Waals surface area contributed by atoms with Crippen molar-refractivity contribution in [1.29, 1.82) is 0 Å². The standard InChI is InChI=1S/C13H13F2N5O/c14-11(15)13-18-12(19-21-13)7-1-2-10(17-4-7)20-6-8-3-9(20)5-16-8/h1-2,4,8-9,11,16H,3,5-6H2. The first-order valence-electron chi connectivity index (χ1n) is 6.79. The van der Waals surface area contributed by atoms with Crippen LogP contribution in [0.2, 0.25) is 0 Å². The number of alkyl halides is 2. The van der Waals surface area contributed by atoms with Crippen LogP contribution >= 0.6 is 0 Å². The molecule has 4 heterocycles. The van der Waals surface area contributed by atoms with E-state index in [0.29, 0.717) is 17.6 Å². The number of hydrogen-bond acceptors (Lipinski definition) is 6. The largest absolute Gasteiger partial charge is 0.351 e. The maximum atomic E-state index is 12.4. The molecule has 0 aliphatic carbocycles. The van der Waals surface area contributed by atoms with Crippen molar-refractivity contribution in [3.8, 4) is 11.4 Å². The summed E-state index contributed by atoms with van der Waals surface area (Å²) in [5.41, 5.74) is 0.567.